The maximum Gasteiger partial charge on any atom is 0.337 e. The average Bonchev–Trinajstić information content (AvgIpc) is 2.35. The van der Waals surface area contributed by atoms with Crippen LogP contribution in [0.2, 0.25) is 0 Å². The van der Waals surface area contributed by atoms with Gasteiger partial charge >= 0.3 is 5.97 Å². The number of carboxylic acids is 1. The van der Waals surface area contributed by atoms with Crippen LogP contribution in [0.3, 0.4) is 0 Å². The lowest BCUT2D eigenvalue weighted by Crippen LogP contribution is -1.99. The van der Waals surface area contributed by atoms with Crippen molar-refractivity contribution in [2.45, 2.75) is 0 Å². The van der Waals surface area contributed by atoms with Crippen molar-refractivity contribution in [3.05, 3.63) is 48.2 Å². The summed E-state index contributed by atoms with van der Waals surface area (Å²) in [6.07, 6.45) is 1.64. The second kappa shape index (κ2) is 3.52. The van der Waals surface area contributed by atoms with Gasteiger partial charge in [-0.1, -0.05) is 12.1 Å². The third kappa shape index (κ3) is 1.50. The molecule has 0 aliphatic heterocycles. The highest BCUT2D eigenvalue weighted by Crippen LogP contribution is 2.21. The molecule has 0 spiro atoms. The Morgan fingerprint density at radius 2 is 1.94 bits per heavy atom. The zero-order valence-electron chi connectivity index (χ0n) is 8.79. The first-order valence-corrected chi connectivity index (χ1v) is 5.13. The summed E-state index contributed by atoms with van der Waals surface area (Å²) in [5.74, 6) is -0.974. The summed E-state index contributed by atoms with van der Waals surface area (Å²) in [4.78, 5) is 19.5. The SMILES string of the molecule is O=C(O)c1cccc2cc3cccnc3nc12. The van der Waals surface area contributed by atoms with Crippen molar-refractivity contribution >= 4 is 27.9 Å². The largest absolute Gasteiger partial charge is 0.478 e. The number of fused-ring (bicyclic) bond motifs is 2. The van der Waals surface area contributed by atoms with E-state index in [2.05, 4.69) is 9.97 Å². The summed E-state index contributed by atoms with van der Waals surface area (Å²) >= 11 is 0. The van der Waals surface area contributed by atoms with E-state index in [4.69, 9.17) is 5.11 Å². The van der Waals surface area contributed by atoms with Crippen LogP contribution >= 0.6 is 0 Å². The predicted molar refractivity (Wildman–Crippen MR) is 64.0 cm³/mol. The molecule has 1 aromatic carbocycles. The number of rotatable bonds is 1. The molecular formula is C13H8N2O2. The van der Waals surface area contributed by atoms with E-state index >= 15 is 0 Å². The molecule has 0 fully saturated rings. The first-order valence-electron chi connectivity index (χ1n) is 5.13. The smallest absolute Gasteiger partial charge is 0.337 e. The van der Waals surface area contributed by atoms with Crippen LogP contribution in [0.4, 0.5) is 0 Å². The minimum Gasteiger partial charge on any atom is -0.478 e. The standard InChI is InChI=1S/C13H8N2O2/c16-13(17)10-5-1-3-8-7-9-4-2-6-14-12(9)15-11(8)10/h1-7H,(H,16,17). The maximum absolute atomic E-state index is 11.1. The molecule has 1 N–H and O–H groups in total. The number of aromatic nitrogens is 2. The molecule has 17 heavy (non-hydrogen) atoms. The molecule has 3 rings (SSSR count). The number of carbonyl (C=O) groups is 1. The van der Waals surface area contributed by atoms with Gasteiger partial charge in [0.1, 0.15) is 0 Å². The minimum atomic E-state index is -0.974. The first-order chi connectivity index (χ1) is 8.25. The molecule has 0 radical (unpaired) electrons. The number of hydrogen-bond acceptors (Lipinski definition) is 3. The second-order valence-electron chi connectivity index (χ2n) is 3.72. The van der Waals surface area contributed by atoms with Gasteiger partial charge < -0.3 is 5.11 Å². The summed E-state index contributed by atoms with van der Waals surface area (Å²) in [6, 6.07) is 10.7. The number of para-hydroxylation sites is 1. The zero-order chi connectivity index (χ0) is 11.8. The van der Waals surface area contributed by atoms with Gasteiger partial charge in [0, 0.05) is 17.0 Å². The van der Waals surface area contributed by atoms with E-state index in [0.29, 0.717) is 11.2 Å². The Labute approximate surface area is 96.6 Å². The highest BCUT2D eigenvalue weighted by Gasteiger charge is 2.10. The Bertz CT molecular complexity index is 738. The molecule has 0 atom stereocenters. The second-order valence-corrected chi connectivity index (χ2v) is 3.72. The van der Waals surface area contributed by atoms with Gasteiger partial charge in [-0.3, -0.25) is 0 Å². The highest BCUT2D eigenvalue weighted by molar-refractivity contribution is 6.04. The molecule has 4 nitrogen and oxygen atoms in total. The van der Waals surface area contributed by atoms with Crippen LogP contribution in [-0.4, -0.2) is 21.0 Å². The summed E-state index contributed by atoms with van der Waals surface area (Å²) in [5, 5.41) is 10.8. The lowest BCUT2D eigenvalue weighted by molar-refractivity contribution is 0.0699. The normalized spacial score (nSPS) is 10.8. The highest BCUT2D eigenvalue weighted by atomic mass is 16.4. The lowest BCUT2D eigenvalue weighted by Gasteiger charge is -2.03. The van der Waals surface area contributed by atoms with E-state index in [1.807, 2.05) is 24.3 Å². The fourth-order valence-corrected chi connectivity index (χ4v) is 1.86. The number of aromatic carboxylic acids is 1. The van der Waals surface area contributed by atoms with Crippen molar-refractivity contribution in [3.8, 4) is 0 Å². The molecule has 0 bridgehead atoms. The Balaban J connectivity index is 2.47. The van der Waals surface area contributed by atoms with E-state index < -0.39 is 5.97 Å². The molecule has 0 aliphatic rings. The van der Waals surface area contributed by atoms with Crippen molar-refractivity contribution in [3.63, 3.8) is 0 Å². The van der Waals surface area contributed by atoms with Crippen LogP contribution in [0, 0.1) is 0 Å². The zero-order valence-corrected chi connectivity index (χ0v) is 8.79. The van der Waals surface area contributed by atoms with Gasteiger partial charge in [0.15, 0.2) is 5.65 Å². The number of hydrogen-bond donors (Lipinski definition) is 1. The van der Waals surface area contributed by atoms with Crippen LogP contribution in [0.5, 0.6) is 0 Å². The van der Waals surface area contributed by atoms with Crippen LogP contribution in [0.15, 0.2) is 42.6 Å². The van der Waals surface area contributed by atoms with Gasteiger partial charge in [-0.25, -0.2) is 14.8 Å². The monoisotopic (exact) mass is 224 g/mol. The number of carboxylic acid groups (broad SMARTS) is 1. The summed E-state index contributed by atoms with van der Waals surface area (Å²) in [6.45, 7) is 0. The van der Waals surface area contributed by atoms with Gasteiger partial charge in [-0.15, -0.1) is 0 Å². The van der Waals surface area contributed by atoms with Crippen molar-refractivity contribution < 1.29 is 9.90 Å². The van der Waals surface area contributed by atoms with Crippen molar-refractivity contribution in [1.29, 1.82) is 0 Å². The maximum atomic E-state index is 11.1. The first kappa shape index (κ1) is 9.72. The Kier molecular flexibility index (Phi) is 2.01. The summed E-state index contributed by atoms with van der Waals surface area (Å²) in [7, 11) is 0. The van der Waals surface area contributed by atoms with Gasteiger partial charge in [-0.2, -0.15) is 0 Å². The molecule has 0 aliphatic carbocycles. The van der Waals surface area contributed by atoms with Gasteiger partial charge in [0.05, 0.1) is 11.1 Å². The van der Waals surface area contributed by atoms with Gasteiger partial charge in [0.2, 0.25) is 0 Å². The fraction of sp³-hybridized carbons (Fsp3) is 0. The predicted octanol–water partition coefficient (Wildman–Crippen LogP) is 2.48. The van der Waals surface area contributed by atoms with Crippen molar-refractivity contribution in [2.24, 2.45) is 0 Å². The molecule has 3 aromatic rings. The molecule has 2 aromatic heterocycles. The van der Waals surface area contributed by atoms with E-state index in [0.717, 1.165) is 10.8 Å². The molecule has 0 saturated carbocycles. The minimum absolute atomic E-state index is 0.204. The number of pyridine rings is 2. The Morgan fingerprint density at radius 3 is 2.76 bits per heavy atom. The third-order valence-corrected chi connectivity index (χ3v) is 2.64. The average molecular weight is 224 g/mol. The van der Waals surface area contributed by atoms with E-state index in [1.165, 1.54) is 0 Å². The van der Waals surface area contributed by atoms with Crippen LogP contribution in [0.1, 0.15) is 10.4 Å². The molecule has 0 unspecified atom stereocenters. The van der Waals surface area contributed by atoms with Gasteiger partial charge in [0.25, 0.3) is 0 Å². The molecule has 4 heteroatoms. The van der Waals surface area contributed by atoms with E-state index in [9.17, 15) is 4.79 Å². The van der Waals surface area contributed by atoms with Gasteiger partial charge in [-0.05, 0) is 24.3 Å². The molecule has 0 amide bonds. The molecule has 82 valence electrons. The third-order valence-electron chi connectivity index (χ3n) is 2.64. The lowest BCUT2D eigenvalue weighted by atomic mass is 10.1. The topological polar surface area (TPSA) is 63.1 Å². The van der Waals surface area contributed by atoms with Crippen molar-refractivity contribution in [2.75, 3.05) is 0 Å². The van der Waals surface area contributed by atoms with Crippen LogP contribution in [-0.2, 0) is 0 Å². The van der Waals surface area contributed by atoms with Crippen LogP contribution in [0.25, 0.3) is 21.9 Å². The number of benzene rings is 1. The summed E-state index contributed by atoms with van der Waals surface area (Å²) < 4.78 is 0. The number of nitrogens with zero attached hydrogens (tertiary/aromatic N) is 2. The summed E-state index contributed by atoms with van der Waals surface area (Å²) in [5.41, 5.74) is 1.25. The molecule has 0 saturated heterocycles. The van der Waals surface area contributed by atoms with Crippen LogP contribution < -0.4 is 0 Å². The molecule has 2 heterocycles. The molecular weight excluding hydrogens is 216 g/mol. The fourth-order valence-electron chi connectivity index (χ4n) is 1.86. The Morgan fingerprint density at radius 1 is 1.12 bits per heavy atom. The van der Waals surface area contributed by atoms with Crippen molar-refractivity contribution in [1.82, 2.24) is 9.97 Å². The quantitative estimate of drug-likeness (QED) is 0.645. The Hall–Kier alpha value is -2.49. The van der Waals surface area contributed by atoms with E-state index in [-0.39, 0.29) is 5.56 Å². The van der Waals surface area contributed by atoms with E-state index in [1.54, 1.807) is 18.3 Å².